The van der Waals surface area contributed by atoms with E-state index in [-0.39, 0.29) is 118 Å². The quantitative estimate of drug-likeness (QED) is 0.142. The number of carbonyl (C=O) groups excluding carboxylic acids is 6. The third-order valence-electron chi connectivity index (χ3n) is 3.04. The second-order valence-corrected chi connectivity index (χ2v) is 5.85. The molecular weight excluding hydrogens is 723 g/mol. The summed E-state index contributed by atoms with van der Waals surface area (Å²) in [4.78, 5) is 58.6. The summed E-state index contributed by atoms with van der Waals surface area (Å²) in [7, 11) is 0. The number of hydrogen-bond donors (Lipinski definition) is 0. The van der Waals surface area contributed by atoms with Gasteiger partial charge < -0.3 is 59.4 Å². The van der Waals surface area contributed by atoms with Crippen LogP contribution in [-0.2, 0) is 28.8 Å². The largest absolute Gasteiger partial charge is 3.00 e. The van der Waals surface area contributed by atoms with Crippen molar-refractivity contribution in [3.8, 4) is 0 Å². The van der Waals surface area contributed by atoms with Crippen LogP contribution in [0.15, 0.2) is 0 Å². The average molecular weight is 747 g/mol. The Morgan fingerprint density at radius 2 is 0.406 bits per heavy atom. The molecule has 0 N–H and O–H groups in total. The fourth-order valence-corrected chi connectivity index (χ4v) is 1.62. The Labute approximate surface area is 249 Å². The summed E-state index contributed by atoms with van der Waals surface area (Å²) in [6, 6.07) is 0. The maximum absolute atomic E-state index is 9.77. The normalized spacial score (nSPS) is 8.62. The van der Waals surface area contributed by atoms with Gasteiger partial charge in [0.1, 0.15) is 0 Å². The Balaban J connectivity index is -0.000000110. The Hall–Kier alpha value is -0.531. The first-order valence-electron chi connectivity index (χ1n) is 9.07. The van der Waals surface area contributed by atoms with Gasteiger partial charge in [0.15, 0.2) is 0 Å². The number of hydrogen-bond acceptors (Lipinski definition) is 12. The number of unbranched alkanes of at least 4 members (excludes halogenated alkanes) is 3. The number of carboxylic acid groups (broad SMARTS) is 6. The Kier molecular flexibility index (Phi) is 39.7. The first kappa shape index (κ1) is 41.7. The van der Waals surface area contributed by atoms with Gasteiger partial charge in [-0.25, -0.2) is 0 Å². The van der Waals surface area contributed by atoms with Gasteiger partial charge in [0.25, 0.3) is 0 Å². The van der Waals surface area contributed by atoms with Gasteiger partial charge in [0.2, 0.25) is 0 Å². The third-order valence-corrected chi connectivity index (χ3v) is 3.04. The van der Waals surface area contributed by atoms with Gasteiger partial charge in [-0.15, -0.1) is 0 Å². The fraction of sp³-hybridized carbons (Fsp3) is 0.667. The molecule has 0 atom stereocenters. The molecule has 184 valence electrons. The van der Waals surface area contributed by atoms with E-state index in [9.17, 15) is 59.4 Å². The summed E-state index contributed by atoms with van der Waals surface area (Å²) in [5.74, 6) is -6.84. The number of aliphatic carboxylic acids is 6. The molecule has 0 rings (SSSR count). The van der Waals surface area contributed by atoms with Crippen molar-refractivity contribution in [3.63, 3.8) is 0 Å². The van der Waals surface area contributed by atoms with Crippen LogP contribution in [0.3, 0.4) is 0 Å². The molecule has 0 aromatic rings. The number of rotatable bonds is 15. The summed E-state index contributed by atoms with van der Waals surface area (Å²) >= 11 is 0. The molecule has 0 aliphatic heterocycles. The van der Waals surface area contributed by atoms with Crippen molar-refractivity contribution in [3.05, 3.63) is 0 Å². The van der Waals surface area contributed by atoms with Gasteiger partial charge >= 0.3 is 79.9 Å². The first-order valence-corrected chi connectivity index (χ1v) is 9.07. The molecule has 0 saturated carbocycles. The van der Waals surface area contributed by atoms with Gasteiger partial charge in [0, 0.05) is 35.8 Å². The Bertz CT molecular complexity index is 428. The minimum absolute atomic E-state index is 0. The molecule has 0 unspecified atom stereocenters. The van der Waals surface area contributed by atoms with Crippen molar-refractivity contribution in [2.24, 2.45) is 0 Å². The molecule has 0 bridgehead atoms. The molecule has 32 heavy (non-hydrogen) atoms. The van der Waals surface area contributed by atoms with Crippen molar-refractivity contribution < 1.29 is 139 Å². The van der Waals surface area contributed by atoms with Crippen LogP contribution >= 0.6 is 0 Å². The predicted molar refractivity (Wildman–Crippen MR) is 85.4 cm³/mol. The Morgan fingerprint density at radius 1 is 0.312 bits per heavy atom. The van der Waals surface area contributed by atoms with Crippen LogP contribution in [0.25, 0.3) is 0 Å². The van der Waals surface area contributed by atoms with E-state index in [1.807, 2.05) is 0 Å². The van der Waals surface area contributed by atoms with Gasteiger partial charge in [0.05, 0.1) is 0 Å². The van der Waals surface area contributed by atoms with Crippen molar-refractivity contribution >= 4 is 35.8 Å². The van der Waals surface area contributed by atoms with E-state index in [1.165, 1.54) is 0 Å². The number of carboxylic acids is 6. The molecular formula is C18H24Gd2O12. The predicted octanol–water partition coefficient (Wildman–Crippen LogP) is -5.86. The van der Waals surface area contributed by atoms with E-state index < -0.39 is 35.8 Å². The molecule has 0 saturated heterocycles. The molecule has 0 fully saturated rings. The smallest absolute Gasteiger partial charge is 0.550 e. The van der Waals surface area contributed by atoms with E-state index in [0.29, 0.717) is 38.5 Å². The fourth-order valence-electron chi connectivity index (χ4n) is 1.62. The standard InChI is InChI=1S/3C6H10O4.2Gd/c3*7-5(8)3-1-2-4-6(9)10;;/h3*1-4H2,(H,7,8)(H,9,10);;/q;;;2*+3/p-6. The van der Waals surface area contributed by atoms with E-state index >= 15 is 0 Å². The minimum Gasteiger partial charge on any atom is -0.550 e. The van der Waals surface area contributed by atoms with Gasteiger partial charge in [-0.2, -0.15) is 0 Å². The second-order valence-electron chi connectivity index (χ2n) is 5.85. The van der Waals surface area contributed by atoms with Crippen LogP contribution in [0.4, 0.5) is 0 Å². The van der Waals surface area contributed by atoms with E-state index in [4.69, 9.17) is 0 Å². The van der Waals surface area contributed by atoms with Crippen molar-refractivity contribution in [1.82, 2.24) is 0 Å². The molecule has 14 heteroatoms. The summed E-state index contributed by atoms with van der Waals surface area (Å²) in [5.41, 5.74) is 0. The van der Waals surface area contributed by atoms with Crippen molar-refractivity contribution in [2.45, 2.75) is 77.0 Å². The van der Waals surface area contributed by atoms with Crippen LogP contribution in [0.1, 0.15) is 77.0 Å². The summed E-state index contributed by atoms with van der Waals surface area (Å²) in [6.07, 6.45) is 1.60. The average Bonchev–Trinajstić information content (AvgIpc) is 2.60. The zero-order chi connectivity index (χ0) is 23.9. The maximum atomic E-state index is 9.77. The molecule has 0 aliphatic carbocycles. The molecule has 0 aromatic heterocycles. The molecule has 0 aromatic carbocycles. The topological polar surface area (TPSA) is 241 Å². The molecule has 2 radical (unpaired) electrons. The molecule has 12 nitrogen and oxygen atoms in total. The first-order chi connectivity index (χ1) is 13.9. The maximum Gasteiger partial charge on any atom is 3.00 e. The van der Waals surface area contributed by atoms with Crippen LogP contribution in [0.2, 0.25) is 0 Å². The van der Waals surface area contributed by atoms with Crippen LogP contribution in [-0.4, -0.2) is 35.8 Å². The van der Waals surface area contributed by atoms with Crippen LogP contribution < -0.4 is 30.6 Å². The minimum atomic E-state index is -1.14. The summed E-state index contributed by atoms with van der Waals surface area (Å²) in [5, 5.41) is 58.6. The molecule has 0 aliphatic rings. The zero-order valence-corrected chi connectivity index (χ0v) is 21.6. The third kappa shape index (κ3) is 57.0. The van der Waals surface area contributed by atoms with E-state index in [1.54, 1.807) is 0 Å². The van der Waals surface area contributed by atoms with Gasteiger partial charge in [-0.3, -0.25) is 0 Å². The molecule has 0 spiro atoms. The second kappa shape index (κ2) is 30.5. The Morgan fingerprint density at radius 3 is 0.469 bits per heavy atom. The molecule has 0 amide bonds. The zero-order valence-electron chi connectivity index (χ0n) is 17.1. The van der Waals surface area contributed by atoms with Gasteiger partial charge in [-0.1, -0.05) is 0 Å². The monoisotopic (exact) mass is 748 g/mol. The van der Waals surface area contributed by atoms with Crippen molar-refractivity contribution in [2.75, 3.05) is 0 Å². The van der Waals surface area contributed by atoms with Crippen LogP contribution in [0.5, 0.6) is 0 Å². The van der Waals surface area contributed by atoms with Crippen LogP contribution in [0, 0.1) is 79.9 Å². The summed E-state index contributed by atoms with van der Waals surface area (Å²) < 4.78 is 0. The van der Waals surface area contributed by atoms with E-state index in [0.717, 1.165) is 0 Å². The van der Waals surface area contributed by atoms with Gasteiger partial charge in [-0.05, 0) is 77.0 Å². The summed E-state index contributed by atoms with van der Waals surface area (Å²) in [6.45, 7) is 0. The molecule has 0 heterocycles. The number of carbonyl (C=O) groups is 6. The van der Waals surface area contributed by atoms with E-state index in [2.05, 4.69) is 0 Å². The SMILES string of the molecule is O=C([O-])CCCCC(=O)[O-].O=C([O-])CCCCC(=O)[O-].O=C([O-])CCCCC(=O)[O-].[Gd+3].[Gd+3]. The van der Waals surface area contributed by atoms with Crippen molar-refractivity contribution in [1.29, 1.82) is 0 Å².